The molecule has 2 aliphatic rings. The van der Waals surface area contributed by atoms with E-state index < -0.39 is 11.8 Å². The summed E-state index contributed by atoms with van der Waals surface area (Å²) in [5, 5.41) is 9.21. The summed E-state index contributed by atoms with van der Waals surface area (Å²) < 4.78 is 33.6. The van der Waals surface area contributed by atoms with Gasteiger partial charge in [0.1, 0.15) is 11.6 Å². The van der Waals surface area contributed by atoms with Crippen molar-refractivity contribution in [3.63, 3.8) is 0 Å². The molecule has 1 amide bonds. The number of carbonyl (C=O) groups is 1. The SMILES string of the molecule is CO/C1=C(c2ccc(N3C[C@@H](C)N(C(=O)C(C)(F)F)[C@@H](C)C3)nc2)/C=C\CCc2c1cccc2-c1ccc(C#N)cc1. The summed E-state index contributed by atoms with van der Waals surface area (Å²) in [6.45, 7) is 5.06. The predicted octanol–water partition coefficient (Wildman–Crippen LogP) is 6.72. The van der Waals surface area contributed by atoms with Crippen LogP contribution < -0.4 is 4.90 Å². The molecule has 1 aliphatic heterocycles. The molecule has 0 saturated carbocycles. The van der Waals surface area contributed by atoms with Gasteiger partial charge in [-0.2, -0.15) is 14.0 Å². The number of carbonyl (C=O) groups excluding carboxylic acids is 1. The fraction of sp³-hybridized carbons (Fsp3) is 0.324. The number of alkyl halides is 2. The van der Waals surface area contributed by atoms with Gasteiger partial charge in [0.05, 0.1) is 18.7 Å². The normalized spacial score (nSPS) is 21.5. The Bertz CT molecular complexity index is 1560. The van der Waals surface area contributed by atoms with E-state index in [9.17, 15) is 18.8 Å². The lowest BCUT2D eigenvalue weighted by atomic mass is 9.88. The highest BCUT2D eigenvalue weighted by Gasteiger charge is 2.43. The van der Waals surface area contributed by atoms with E-state index in [0.29, 0.717) is 25.6 Å². The summed E-state index contributed by atoms with van der Waals surface area (Å²) >= 11 is 0. The van der Waals surface area contributed by atoms with Gasteiger partial charge < -0.3 is 14.5 Å². The third-order valence-corrected chi connectivity index (χ3v) is 7.95. The first-order valence-corrected chi connectivity index (χ1v) is 14.1. The number of methoxy groups -OCH3 is 1. The van der Waals surface area contributed by atoms with Crippen LogP contribution in [0.15, 0.2) is 72.9 Å². The average Bonchev–Trinajstić information content (AvgIpc) is 2.97. The number of hydrogen-bond donors (Lipinski definition) is 0. The minimum Gasteiger partial charge on any atom is -0.495 e. The van der Waals surface area contributed by atoms with Crippen LogP contribution in [0, 0.1) is 11.3 Å². The highest BCUT2D eigenvalue weighted by Crippen LogP contribution is 2.37. The zero-order valence-electron chi connectivity index (χ0n) is 24.3. The molecule has 0 radical (unpaired) electrons. The maximum absolute atomic E-state index is 13.8. The van der Waals surface area contributed by atoms with Crippen molar-refractivity contribution in [1.29, 1.82) is 5.26 Å². The van der Waals surface area contributed by atoms with Crippen LogP contribution in [0.2, 0.25) is 0 Å². The highest BCUT2D eigenvalue weighted by molar-refractivity contribution is 5.95. The molecule has 0 unspecified atom stereocenters. The molecule has 216 valence electrons. The Balaban J connectivity index is 1.46. The summed E-state index contributed by atoms with van der Waals surface area (Å²) in [4.78, 5) is 20.4. The molecule has 8 heteroatoms. The molecule has 5 rings (SSSR count). The van der Waals surface area contributed by atoms with E-state index in [-0.39, 0.29) is 12.1 Å². The number of amides is 1. The fourth-order valence-corrected chi connectivity index (χ4v) is 6.03. The molecule has 1 fully saturated rings. The maximum atomic E-state index is 13.8. The van der Waals surface area contributed by atoms with Gasteiger partial charge in [-0.1, -0.05) is 42.5 Å². The van der Waals surface area contributed by atoms with Gasteiger partial charge in [0.2, 0.25) is 0 Å². The van der Waals surface area contributed by atoms with Gasteiger partial charge in [-0.15, -0.1) is 0 Å². The number of benzene rings is 2. The van der Waals surface area contributed by atoms with Gasteiger partial charge in [-0.05, 0) is 67.6 Å². The van der Waals surface area contributed by atoms with Crippen molar-refractivity contribution < 1.29 is 18.3 Å². The number of piperazine rings is 1. The van der Waals surface area contributed by atoms with Crippen LogP contribution in [0.25, 0.3) is 22.5 Å². The number of pyridine rings is 1. The maximum Gasteiger partial charge on any atom is 0.322 e. The molecule has 0 spiro atoms. The third kappa shape index (κ3) is 5.64. The van der Waals surface area contributed by atoms with Crippen molar-refractivity contribution in [2.24, 2.45) is 0 Å². The number of ether oxygens (including phenoxy) is 1. The average molecular weight is 569 g/mol. The minimum absolute atomic E-state index is 0.383. The summed E-state index contributed by atoms with van der Waals surface area (Å²) in [7, 11) is 1.67. The number of rotatable bonds is 5. The first kappa shape index (κ1) is 29.0. The molecular weight excluding hydrogens is 534 g/mol. The molecule has 1 saturated heterocycles. The van der Waals surface area contributed by atoms with Gasteiger partial charge >= 0.3 is 5.92 Å². The number of halogens is 2. The topological polar surface area (TPSA) is 69.5 Å². The Labute approximate surface area is 245 Å². The smallest absolute Gasteiger partial charge is 0.322 e. The van der Waals surface area contributed by atoms with Crippen LogP contribution >= 0.6 is 0 Å². The first-order valence-electron chi connectivity index (χ1n) is 14.1. The zero-order valence-corrected chi connectivity index (χ0v) is 24.3. The lowest BCUT2D eigenvalue weighted by Crippen LogP contribution is -2.61. The van der Waals surface area contributed by atoms with E-state index >= 15 is 0 Å². The Hall–Kier alpha value is -4.51. The quantitative estimate of drug-likeness (QED) is 0.342. The molecule has 2 aromatic carbocycles. The molecule has 42 heavy (non-hydrogen) atoms. The van der Waals surface area contributed by atoms with Crippen molar-refractivity contribution >= 4 is 23.1 Å². The zero-order chi connectivity index (χ0) is 30.0. The molecule has 2 atom stereocenters. The molecule has 6 nitrogen and oxygen atoms in total. The Kier molecular flexibility index (Phi) is 8.13. The van der Waals surface area contributed by atoms with Crippen LogP contribution in [0.1, 0.15) is 49.4 Å². The van der Waals surface area contributed by atoms with Crippen molar-refractivity contribution in [3.8, 4) is 17.2 Å². The van der Waals surface area contributed by atoms with Gasteiger partial charge in [-0.25, -0.2) is 4.98 Å². The van der Waals surface area contributed by atoms with Gasteiger partial charge in [0, 0.05) is 55.0 Å². The van der Waals surface area contributed by atoms with Crippen LogP contribution in [-0.4, -0.2) is 54.0 Å². The van der Waals surface area contributed by atoms with Crippen LogP contribution in [0.5, 0.6) is 0 Å². The summed E-state index contributed by atoms with van der Waals surface area (Å²) in [6, 6.07) is 19.2. The lowest BCUT2D eigenvalue weighted by molar-refractivity contribution is -0.160. The van der Waals surface area contributed by atoms with Crippen LogP contribution in [-0.2, 0) is 16.0 Å². The molecule has 1 aromatic heterocycles. The van der Waals surface area contributed by atoms with Gasteiger partial charge in [0.25, 0.3) is 5.91 Å². The fourth-order valence-electron chi connectivity index (χ4n) is 6.03. The molecule has 2 heterocycles. The van der Waals surface area contributed by atoms with E-state index in [1.807, 2.05) is 53.6 Å². The van der Waals surface area contributed by atoms with E-state index in [2.05, 4.69) is 30.4 Å². The number of anilines is 1. The van der Waals surface area contributed by atoms with Crippen molar-refractivity contribution in [2.75, 3.05) is 25.1 Å². The molecule has 0 N–H and O–H groups in total. The number of nitriles is 1. The predicted molar refractivity (Wildman–Crippen MR) is 161 cm³/mol. The molecule has 1 aliphatic carbocycles. The number of nitrogens with zero attached hydrogens (tertiary/aromatic N) is 4. The standard InChI is InChI=1S/C34H34F2N4O2/c1-22-20-39(21-23(2)40(22)33(41)34(3,35)36)31-17-16-26(19-38-31)28-8-5-6-9-29-27(10-7-11-30(29)32(28)42-4)25-14-12-24(18-37)13-15-25/h5,7-8,10-17,19,22-23H,6,9,20-21H2,1-4H3/b8-5-,32-28-/t22-,23+. The number of fused-ring (bicyclic) bond motifs is 1. The van der Waals surface area contributed by atoms with Gasteiger partial charge in [-0.3, -0.25) is 4.79 Å². The van der Waals surface area contributed by atoms with Crippen molar-refractivity contribution in [2.45, 2.75) is 51.6 Å². The summed E-state index contributed by atoms with van der Waals surface area (Å²) in [5.41, 5.74) is 6.78. The summed E-state index contributed by atoms with van der Waals surface area (Å²) in [6.07, 6.45) is 7.72. The van der Waals surface area contributed by atoms with Crippen LogP contribution in [0.4, 0.5) is 14.6 Å². The Morgan fingerprint density at radius 1 is 1.02 bits per heavy atom. The molecule has 0 bridgehead atoms. The second-order valence-electron chi connectivity index (χ2n) is 11.0. The number of hydrogen-bond acceptors (Lipinski definition) is 5. The first-order chi connectivity index (χ1) is 20.1. The number of aromatic nitrogens is 1. The second-order valence-corrected chi connectivity index (χ2v) is 11.0. The summed E-state index contributed by atoms with van der Waals surface area (Å²) in [5.74, 6) is -3.06. The minimum atomic E-state index is -3.40. The van der Waals surface area contributed by atoms with E-state index in [1.165, 1.54) is 10.5 Å². The van der Waals surface area contributed by atoms with E-state index in [0.717, 1.165) is 52.2 Å². The Morgan fingerprint density at radius 2 is 1.69 bits per heavy atom. The van der Waals surface area contributed by atoms with Crippen LogP contribution in [0.3, 0.4) is 0 Å². The monoisotopic (exact) mass is 568 g/mol. The molecular formula is C34H34F2N4O2. The third-order valence-electron chi connectivity index (χ3n) is 7.95. The van der Waals surface area contributed by atoms with E-state index in [1.54, 1.807) is 21.0 Å². The molecule has 3 aromatic rings. The van der Waals surface area contributed by atoms with Crippen molar-refractivity contribution in [1.82, 2.24) is 9.88 Å². The van der Waals surface area contributed by atoms with Crippen molar-refractivity contribution in [3.05, 3.63) is 95.2 Å². The van der Waals surface area contributed by atoms with E-state index in [4.69, 9.17) is 9.72 Å². The highest BCUT2D eigenvalue weighted by atomic mass is 19.3. The van der Waals surface area contributed by atoms with Gasteiger partial charge in [0.15, 0.2) is 0 Å². The largest absolute Gasteiger partial charge is 0.495 e. The lowest BCUT2D eigenvalue weighted by Gasteiger charge is -2.45. The second kappa shape index (κ2) is 11.8. The Morgan fingerprint density at radius 3 is 2.29 bits per heavy atom. The number of allylic oxidation sites excluding steroid dienone is 3.